The molecule has 2 saturated heterocycles. The first kappa shape index (κ1) is 18.3. The molecule has 1 aromatic heterocycles. The standard InChI is InChI=1S/C17H26N4O3S/c1-2-12-25(23,24)21-9-3-4-16(21)17(22)20-10-6-14(7-11-20)15-5-8-18-13-19-15/h5,8,13-14,16H,2-4,6-7,9-12H2,1H3. The van der Waals surface area contributed by atoms with Crippen molar-refractivity contribution in [1.82, 2.24) is 19.2 Å². The van der Waals surface area contributed by atoms with Gasteiger partial charge in [-0.1, -0.05) is 6.92 Å². The van der Waals surface area contributed by atoms with Crippen LogP contribution < -0.4 is 0 Å². The van der Waals surface area contributed by atoms with Gasteiger partial charge in [-0.3, -0.25) is 4.79 Å². The monoisotopic (exact) mass is 366 g/mol. The summed E-state index contributed by atoms with van der Waals surface area (Å²) in [5, 5.41) is 0. The van der Waals surface area contributed by atoms with E-state index in [9.17, 15) is 13.2 Å². The van der Waals surface area contributed by atoms with Crippen LogP contribution >= 0.6 is 0 Å². The average Bonchev–Trinajstić information content (AvgIpc) is 3.13. The molecule has 2 aliphatic heterocycles. The van der Waals surface area contributed by atoms with Crippen LogP contribution in [0.4, 0.5) is 0 Å². The van der Waals surface area contributed by atoms with Gasteiger partial charge in [0.2, 0.25) is 15.9 Å². The lowest BCUT2D eigenvalue weighted by Gasteiger charge is -2.35. The number of sulfonamides is 1. The van der Waals surface area contributed by atoms with Crippen LogP contribution in [0.1, 0.15) is 50.6 Å². The molecule has 3 heterocycles. The van der Waals surface area contributed by atoms with Crippen molar-refractivity contribution in [2.24, 2.45) is 0 Å². The van der Waals surface area contributed by atoms with Crippen molar-refractivity contribution in [1.29, 1.82) is 0 Å². The van der Waals surface area contributed by atoms with E-state index in [1.54, 1.807) is 12.5 Å². The summed E-state index contributed by atoms with van der Waals surface area (Å²) in [6.07, 6.45) is 6.99. The second kappa shape index (κ2) is 7.78. The highest BCUT2D eigenvalue weighted by atomic mass is 32.2. The maximum Gasteiger partial charge on any atom is 0.241 e. The molecule has 0 bridgehead atoms. The van der Waals surface area contributed by atoms with Gasteiger partial charge in [-0.05, 0) is 38.2 Å². The minimum Gasteiger partial charge on any atom is -0.341 e. The Labute approximate surface area is 149 Å². The van der Waals surface area contributed by atoms with Crippen molar-refractivity contribution in [3.63, 3.8) is 0 Å². The normalized spacial score (nSPS) is 23.1. The molecule has 3 rings (SSSR count). The highest BCUT2D eigenvalue weighted by Crippen LogP contribution is 2.29. The molecule has 8 heteroatoms. The summed E-state index contributed by atoms with van der Waals surface area (Å²) in [5.41, 5.74) is 1.02. The first-order valence-electron chi connectivity index (χ1n) is 9.07. The number of carbonyl (C=O) groups excluding carboxylic acids is 1. The summed E-state index contributed by atoms with van der Waals surface area (Å²) in [6, 6.07) is 1.42. The Morgan fingerprint density at radius 3 is 2.64 bits per heavy atom. The van der Waals surface area contributed by atoms with Gasteiger partial charge in [-0.15, -0.1) is 0 Å². The Morgan fingerprint density at radius 2 is 2.00 bits per heavy atom. The van der Waals surface area contributed by atoms with Gasteiger partial charge < -0.3 is 4.90 Å². The van der Waals surface area contributed by atoms with E-state index in [0.717, 1.165) is 25.0 Å². The third kappa shape index (κ3) is 4.00. The van der Waals surface area contributed by atoms with E-state index >= 15 is 0 Å². The Morgan fingerprint density at radius 1 is 1.24 bits per heavy atom. The molecule has 7 nitrogen and oxygen atoms in total. The van der Waals surface area contributed by atoms with Gasteiger partial charge >= 0.3 is 0 Å². The van der Waals surface area contributed by atoms with Crippen molar-refractivity contribution < 1.29 is 13.2 Å². The molecule has 1 amide bonds. The van der Waals surface area contributed by atoms with Gasteiger partial charge in [0.25, 0.3) is 0 Å². The molecular formula is C17H26N4O3S. The largest absolute Gasteiger partial charge is 0.341 e. The minimum atomic E-state index is -3.33. The summed E-state index contributed by atoms with van der Waals surface area (Å²) < 4.78 is 26.3. The number of rotatable bonds is 5. The zero-order valence-electron chi connectivity index (χ0n) is 14.7. The van der Waals surface area contributed by atoms with E-state index in [4.69, 9.17) is 0 Å². The molecule has 0 aliphatic carbocycles. The number of likely N-dealkylation sites (tertiary alicyclic amines) is 1. The van der Waals surface area contributed by atoms with Crippen LogP contribution in [0.15, 0.2) is 18.6 Å². The number of aromatic nitrogens is 2. The maximum atomic E-state index is 12.9. The quantitative estimate of drug-likeness (QED) is 0.786. The van der Waals surface area contributed by atoms with Crippen LogP contribution in [0.5, 0.6) is 0 Å². The molecular weight excluding hydrogens is 340 g/mol. The number of carbonyl (C=O) groups is 1. The molecule has 2 fully saturated rings. The lowest BCUT2D eigenvalue weighted by molar-refractivity contribution is -0.135. The second-order valence-electron chi connectivity index (χ2n) is 6.82. The smallest absolute Gasteiger partial charge is 0.241 e. The Kier molecular flexibility index (Phi) is 5.68. The maximum absolute atomic E-state index is 12.9. The number of hydrogen-bond acceptors (Lipinski definition) is 5. The van der Waals surface area contributed by atoms with Gasteiger partial charge in [-0.2, -0.15) is 4.31 Å². The van der Waals surface area contributed by atoms with Gasteiger partial charge in [-0.25, -0.2) is 18.4 Å². The van der Waals surface area contributed by atoms with Gasteiger partial charge in [0.05, 0.1) is 5.75 Å². The summed E-state index contributed by atoms with van der Waals surface area (Å²) in [4.78, 5) is 23.0. The van der Waals surface area contributed by atoms with Gasteiger partial charge in [0, 0.05) is 37.4 Å². The van der Waals surface area contributed by atoms with E-state index in [1.807, 2.05) is 17.9 Å². The van der Waals surface area contributed by atoms with Crippen molar-refractivity contribution in [3.8, 4) is 0 Å². The summed E-state index contributed by atoms with van der Waals surface area (Å²) in [6.45, 7) is 3.63. The number of nitrogens with zero attached hydrogens (tertiary/aromatic N) is 4. The lowest BCUT2D eigenvalue weighted by Crippen LogP contribution is -2.50. The summed E-state index contributed by atoms with van der Waals surface area (Å²) in [5.74, 6) is 0.431. The molecule has 0 radical (unpaired) electrons. The van der Waals surface area contributed by atoms with Crippen LogP contribution in [0.3, 0.4) is 0 Å². The zero-order chi connectivity index (χ0) is 17.9. The minimum absolute atomic E-state index is 0.0293. The molecule has 0 N–H and O–H groups in total. The third-order valence-electron chi connectivity index (χ3n) is 5.14. The molecule has 1 aromatic rings. The van der Waals surface area contributed by atoms with Crippen molar-refractivity contribution in [3.05, 3.63) is 24.3 Å². The van der Waals surface area contributed by atoms with Crippen LogP contribution in [0, 0.1) is 0 Å². The van der Waals surface area contributed by atoms with E-state index in [0.29, 0.717) is 38.4 Å². The third-order valence-corrected chi connectivity index (χ3v) is 7.21. The molecule has 2 aliphatic rings. The fourth-order valence-electron chi connectivity index (χ4n) is 3.84. The number of amides is 1. The fourth-order valence-corrected chi connectivity index (χ4v) is 5.58. The Hall–Kier alpha value is -1.54. The SMILES string of the molecule is CCCS(=O)(=O)N1CCCC1C(=O)N1CCC(c2ccncn2)CC1. The number of hydrogen-bond donors (Lipinski definition) is 0. The van der Waals surface area contributed by atoms with E-state index in [-0.39, 0.29) is 11.7 Å². The molecule has 0 aromatic carbocycles. The van der Waals surface area contributed by atoms with E-state index < -0.39 is 16.1 Å². The predicted molar refractivity (Wildman–Crippen MR) is 94.4 cm³/mol. The van der Waals surface area contributed by atoms with Crippen molar-refractivity contribution in [2.45, 2.75) is 51.0 Å². The Bertz CT molecular complexity index is 687. The highest BCUT2D eigenvalue weighted by Gasteiger charge is 2.40. The molecule has 138 valence electrons. The Balaban J connectivity index is 1.62. The van der Waals surface area contributed by atoms with Crippen molar-refractivity contribution >= 4 is 15.9 Å². The van der Waals surface area contributed by atoms with Gasteiger partial charge in [0.1, 0.15) is 12.4 Å². The fraction of sp³-hybridized carbons (Fsp3) is 0.706. The van der Waals surface area contributed by atoms with Crippen LogP contribution in [0.2, 0.25) is 0 Å². The molecule has 0 spiro atoms. The first-order chi connectivity index (χ1) is 12.0. The molecule has 0 saturated carbocycles. The van der Waals surface area contributed by atoms with E-state index in [1.165, 1.54) is 4.31 Å². The van der Waals surface area contributed by atoms with Crippen LogP contribution in [-0.2, 0) is 14.8 Å². The van der Waals surface area contributed by atoms with Crippen LogP contribution in [-0.4, -0.2) is 64.9 Å². The van der Waals surface area contributed by atoms with E-state index in [2.05, 4.69) is 9.97 Å². The van der Waals surface area contributed by atoms with Crippen molar-refractivity contribution in [2.75, 3.05) is 25.4 Å². The molecule has 1 unspecified atom stereocenters. The molecule has 1 atom stereocenters. The van der Waals surface area contributed by atoms with Crippen LogP contribution in [0.25, 0.3) is 0 Å². The average molecular weight is 366 g/mol. The zero-order valence-corrected chi connectivity index (χ0v) is 15.5. The van der Waals surface area contributed by atoms with Gasteiger partial charge in [0.15, 0.2) is 0 Å². The highest BCUT2D eigenvalue weighted by molar-refractivity contribution is 7.89. The topological polar surface area (TPSA) is 83.5 Å². The summed E-state index contributed by atoms with van der Waals surface area (Å²) in [7, 11) is -3.33. The summed E-state index contributed by atoms with van der Waals surface area (Å²) >= 11 is 0. The molecule has 25 heavy (non-hydrogen) atoms. The second-order valence-corrected chi connectivity index (χ2v) is 8.86. The lowest BCUT2D eigenvalue weighted by atomic mass is 9.93. The first-order valence-corrected chi connectivity index (χ1v) is 10.7. The predicted octanol–water partition coefficient (Wildman–Crippen LogP) is 1.39. The number of piperidine rings is 1.